The van der Waals surface area contributed by atoms with E-state index in [1.54, 1.807) is 14.2 Å². The molecule has 0 atom stereocenters. The van der Waals surface area contributed by atoms with Crippen molar-refractivity contribution in [2.24, 2.45) is 5.92 Å². The molecule has 4 heterocycles. The highest BCUT2D eigenvalue weighted by Crippen LogP contribution is 2.36. The number of anilines is 2. The molecular formula is C45H60N6O4. The van der Waals surface area contributed by atoms with E-state index in [2.05, 4.69) is 98.2 Å². The highest BCUT2D eigenvalue weighted by molar-refractivity contribution is 5.58. The van der Waals surface area contributed by atoms with Gasteiger partial charge >= 0.3 is 0 Å². The first-order valence-electron chi connectivity index (χ1n) is 20.4. The van der Waals surface area contributed by atoms with E-state index in [1.807, 2.05) is 30.9 Å². The predicted molar refractivity (Wildman–Crippen MR) is 219 cm³/mol. The molecule has 3 fully saturated rings. The van der Waals surface area contributed by atoms with Gasteiger partial charge in [-0.3, -0.25) is 29.8 Å². The van der Waals surface area contributed by atoms with Crippen LogP contribution in [0.25, 0.3) is 0 Å². The highest BCUT2D eigenvalue weighted by Gasteiger charge is 2.35. The van der Waals surface area contributed by atoms with Gasteiger partial charge in [0.1, 0.15) is 0 Å². The van der Waals surface area contributed by atoms with E-state index in [1.165, 1.54) is 24.0 Å². The number of nitrogens with zero attached hydrogens (tertiary/aromatic N) is 6. The van der Waals surface area contributed by atoms with Crippen molar-refractivity contribution in [3.63, 3.8) is 0 Å². The van der Waals surface area contributed by atoms with Gasteiger partial charge in [-0.25, -0.2) is 0 Å². The maximum absolute atomic E-state index is 6.44. The lowest BCUT2D eigenvalue weighted by Crippen LogP contribution is -2.59. The molecule has 0 amide bonds. The standard InChI is InChI=1S/C45H60N6O4/c1-34(2)33-54-44-27-35(13-15-42(44)52-3)31-48-23-17-37(18-24-48)50(39-9-7-21-46-29-39)51(40-10-8-22-47-30-40)38-19-25-49(26-20-38)32-36-14-16-43(53-4)45(28-36)55-41-11-5-6-12-41/h7-10,13-16,21-22,27-30,34,37-38,41H,5-6,11-12,17-20,23-26,31-33H2,1-4H3. The number of ether oxygens (including phenoxy) is 4. The maximum Gasteiger partial charge on any atom is 0.161 e. The Hall–Kier alpha value is -4.54. The van der Waals surface area contributed by atoms with Gasteiger partial charge in [-0.1, -0.05) is 26.0 Å². The number of rotatable bonds is 16. The molecule has 7 rings (SSSR count). The van der Waals surface area contributed by atoms with Crippen molar-refractivity contribution in [3.8, 4) is 23.0 Å². The third kappa shape index (κ3) is 10.0. The summed E-state index contributed by atoms with van der Waals surface area (Å²) in [6, 6.07) is 22.0. The van der Waals surface area contributed by atoms with Crippen molar-refractivity contribution >= 4 is 11.4 Å². The summed E-state index contributed by atoms with van der Waals surface area (Å²) < 4.78 is 23.9. The fourth-order valence-electron chi connectivity index (χ4n) is 8.45. The Morgan fingerprint density at radius 1 is 0.636 bits per heavy atom. The van der Waals surface area contributed by atoms with Crippen LogP contribution in [-0.2, 0) is 13.1 Å². The Balaban J connectivity index is 1.04. The molecule has 3 aliphatic rings. The monoisotopic (exact) mass is 748 g/mol. The van der Waals surface area contributed by atoms with Gasteiger partial charge in [0.15, 0.2) is 23.0 Å². The molecule has 2 saturated heterocycles. The first kappa shape index (κ1) is 38.7. The van der Waals surface area contributed by atoms with E-state index in [0.717, 1.165) is 112 Å². The van der Waals surface area contributed by atoms with Crippen LogP contribution >= 0.6 is 0 Å². The molecule has 0 radical (unpaired) electrons. The van der Waals surface area contributed by atoms with Gasteiger partial charge in [0.2, 0.25) is 0 Å². The summed E-state index contributed by atoms with van der Waals surface area (Å²) in [5.74, 6) is 3.77. The third-order valence-corrected chi connectivity index (χ3v) is 11.3. The lowest BCUT2D eigenvalue weighted by molar-refractivity contribution is 0.182. The fourth-order valence-corrected chi connectivity index (χ4v) is 8.45. The minimum Gasteiger partial charge on any atom is -0.493 e. The average molecular weight is 749 g/mol. The van der Waals surface area contributed by atoms with Crippen LogP contribution in [0, 0.1) is 5.92 Å². The fraction of sp³-hybridized carbons (Fsp3) is 0.511. The van der Waals surface area contributed by atoms with Crippen molar-refractivity contribution in [3.05, 3.63) is 96.6 Å². The first-order chi connectivity index (χ1) is 27.0. The number of hydrogen-bond acceptors (Lipinski definition) is 10. The van der Waals surface area contributed by atoms with Crippen LogP contribution in [0.3, 0.4) is 0 Å². The zero-order valence-corrected chi connectivity index (χ0v) is 33.3. The summed E-state index contributed by atoms with van der Waals surface area (Å²) in [5, 5.41) is 5.12. The van der Waals surface area contributed by atoms with Crippen LogP contribution in [0.1, 0.15) is 76.3 Å². The number of hydrazine groups is 1. The number of pyridine rings is 2. The normalized spacial score (nSPS) is 17.7. The molecule has 0 N–H and O–H groups in total. The third-order valence-electron chi connectivity index (χ3n) is 11.3. The van der Waals surface area contributed by atoms with Gasteiger partial charge in [0.05, 0.1) is 62.8 Å². The number of hydrogen-bond donors (Lipinski definition) is 0. The second kappa shape index (κ2) is 18.9. The van der Waals surface area contributed by atoms with E-state index in [-0.39, 0.29) is 0 Å². The van der Waals surface area contributed by atoms with Crippen molar-refractivity contribution in [2.75, 3.05) is 57.0 Å². The van der Waals surface area contributed by atoms with E-state index in [4.69, 9.17) is 18.9 Å². The molecule has 0 bridgehead atoms. The lowest BCUT2D eigenvalue weighted by atomic mass is 10.00. The van der Waals surface area contributed by atoms with Crippen LogP contribution in [-0.4, -0.2) is 85.0 Å². The van der Waals surface area contributed by atoms with E-state index in [9.17, 15) is 0 Å². The summed E-state index contributed by atoms with van der Waals surface area (Å²) in [5.41, 5.74) is 4.78. The Morgan fingerprint density at radius 2 is 1.13 bits per heavy atom. The second-order valence-corrected chi connectivity index (χ2v) is 15.8. The number of likely N-dealkylation sites (tertiary alicyclic amines) is 2. The average Bonchev–Trinajstić information content (AvgIpc) is 3.74. The molecule has 1 saturated carbocycles. The largest absolute Gasteiger partial charge is 0.493 e. The van der Waals surface area contributed by atoms with Crippen LogP contribution in [0.2, 0.25) is 0 Å². The Labute approximate surface area is 328 Å². The van der Waals surface area contributed by atoms with Crippen molar-refractivity contribution < 1.29 is 18.9 Å². The topological polar surface area (TPSA) is 75.7 Å². The summed E-state index contributed by atoms with van der Waals surface area (Å²) >= 11 is 0. The second-order valence-electron chi connectivity index (χ2n) is 15.8. The molecule has 294 valence electrons. The molecule has 2 aromatic heterocycles. The number of methoxy groups -OCH3 is 2. The van der Waals surface area contributed by atoms with Crippen molar-refractivity contribution in [2.45, 2.75) is 96.5 Å². The minimum absolute atomic E-state index is 0.296. The summed E-state index contributed by atoms with van der Waals surface area (Å²) in [6.07, 6.45) is 17.0. The Morgan fingerprint density at radius 3 is 1.58 bits per heavy atom. The van der Waals surface area contributed by atoms with Crippen LogP contribution in [0.4, 0.5) is 11.4 Å². The number of aromatic nitrogens is 2. The molecule has 1 aliphatic carbocycles. The Bertz CT molecular complexity index is 1760. The zero-order chi connectivity index (χ0) is 38.0. The maximum atomic E-state index is 6.44. The predicted octanol–water partition coefficient (Wildman–Crippen LogP) is 8.41. The molecule has 2 aliphatic heterocycles. The first-order valence-corrected chi connectivity index (χ1v) is 20.4. The van der Waals surface area contributed by atoms with E-state index < -0.39 is 0 Å². The lowest BCUT2D eigenvalue weighted by Gasteiger charge is -2.50. The van der Waals surface area contributed by atoms with Gasteiger partial charge in [-0.2, -0.15) is 0 Å². The molecule has 10 nitrogen and oxygen atoms in total. The van der Waals surface area contributed by atoms with Crippen LogP contribution in [0.15, 0.2) is 85.5 Å². The Kier molecular flexibility index (Phi) is 13.3. The molecule has 0 unspecified atom stereocenters. The molecule has 55 heavy (non-hydrogen) atoms. The quantitative estimate of drug-likeness (QED) is 0.104. The van der Waals surface area contributed by atoms with Gasteiger partial charge in [-0.05, 0) is 117 Å². The number of benzene rings is 2. The van der Waals surface area contributed by atoms with Crippen molar-refractivity contribution in [1.29, 1.82) is 0 Å². The summed E-state index contributed by atoms with van der Waals surface area (Å²) in [6.45, 7) is 10.8. The summed E-state index contributed by atoms with van der Waals surface area (Å²) in [4.78, 5) is 14.4. The van der Waals surface area contributed by atoms with Crippen LogP contribution < -0.4 is 29.0 Å². The van der Waals surface area contributed by atoms with Gasteiger partial charge < -0.3 is 18.9 Å². The van der Waals surface area contributed by atoms with Gasteiger partial charge in [-0.15, -0.1) is 0 Å². The summed E-state index contributed by atoms with van der Waals surface area (Å²) in [7, 11) is 3.44. The SMILES string of the molecule is COc1ccc(CN2CCC(N(c3cccnc3)N(c3cccnc3)C3CCN(Cc4ccc(OC)c(OC5CCCC5)c4)CC3)CC2)cc1OCC(C)C. The van der Waals surface area contributed by atoms with Gasteiger partial charge in [0, 0.05) is 51.7 Å². The molecular weight excluding hydrogens is 689 g/mol. The van der Waals surface area contributed by atoms with Crippen LogP contribution in [0.5, 0.6) is 23.0 Å². The molecule has 4 aromatic rings. The van der Waals surface area contributed by atoms with E-state index in [0.29, 0.717) is 30.7 Å². The molecule has 10 heteroatoms. The smallest absolute Gasteiger partial charge is 0.161 e. The van der Waals surface area contributed by atoms with Gasteiger partial charge in [0.25, 0.3) is 0 Å². The highest BCUT2D eigenvalue weighted by atomic mass is 16.5. The van der Waals surface area contributed by atoms with E-state index >= 15 is 0 Å². The van der Waals surface area contributed by atoms with Crippen molar-refractivity contribution in [1.82, 2.24) is 19.8 Å². The molecule has 0 spiro atoms. The minimum atomic E-state index is 0.296. The zero-order valence-electron chi connectivity index (χ0n) is 33.3. The molecule has 2 aromatic carbocycles. The number of piperidine rings is 2.